The second kappa shape index (κ2) is 5.88. The molecule has 19 heavy (non-hydrogen) atoms. The highest BCUT2D eigenvalue weighted by Gasteiger charge is 2.17. The second-order valence-corrected chi connectivity index (χ2v) is 5.23. The van der Waals surface area contributed by atoms with Crippen molar-refractivity contribution in [3.05, 3.63) is 34.6 Å². The van der Waals surface area contributed by atoms with E-state index < -0.39 is 5.25 Å². The van der Waals surface area contributed by atoms with Crippen LogP contribution in [0.1, 0.15) is 13.8 Å². The van der Waals surface area contributed by atoms with E-state index in [1.165, 1.54) is 11.8 Å². The molecule has 2 rings (SSSR count). The summed E-state index contributed by atoms with van der Waals surface area (Å²) in [5, 5.41) is 0.546. The van der Waals surface area contributed by atoms with E-state index in [4.69, 9.17) is 4.74 Å². The lowest BCUT2D eigenvalue weighted by Crippen LogP contribution is -2.18. The summed E-state index contributed by atoms with van der Waals surface area (Å²) in [6, 6.07) is 7.08. The summed E-state index contributed by atoms with van der Waals surface area (Å²) in [6.07, 6.45) is 0. The zero-order chi connectivity index (χ0) is 13.8. The highest BCUT2D eigenvalue weighted by Crippen LogP contribution is 2.20. The predicted octanol–water partition coefficient (Wildman–Crippen LogP) is 1.97. The fraction of sp³-hybridized carbons (Fsp3) is 0.308. The largest absolute Gasteiger partial charge is 0.465 e. The Morgan fingerprint density at radius 2 is 2.21 bits per heavy atom. The van der Waals surface area contributed by atoms with E-state index in [0.29, 0.717) is 22.7 Å². The lowest BCUT2D eigenvalue weighted by molar-refractivity contribution is -0.142. The lowest BCUT2D eigenvalue weighted by atomic mass is 10.2. The van der Waals surface area contributed by atoms with Crippen LogP contribution >= 0.6 is 11.8 Å². The van der Waals surface area contributed by atoms with Gasteiger partial charge in [-0.05, 0) is 26.0 Å². The molecule has 1 aromatic carbocycles. The number of nitrogens with one attached hydrogen (secondary N) is 1. The van der Waals surface area contributed by atoms with Gasteiger partial charge in [0.2, 0.25) is 0 Å². The van der Waals surface area contributed by atoms with E-state index in [1.807, 2.05) is 6.07 Å². The van der Waals surface area contributed by atoms with Crippen molar-refractivity contribution in [2.24, 2.45) is 0 Å². The summed E-state index contributed by atoms with van der Waals surface area (Å²) in [7, 11) is 0. The molecule has 0 aliphatic rings. The van der Waals surface area contributed by atoms with Gasteiger partial charge in [-0.2, -0.15) is 0 Å². The minimum atomic E-state index is -0.413. The number of ether oxygens (including phenoxy) is 1. The van der Waals surface area contributed by atoms with E-state index in [0.717, 1.165) is 0 Å². The Morgan fingerprint density at radius 3 is 2.95 bits per heavy atom. The minimum Gasteiger partial charge on any atom is -0.465 e. The van der Waals surface area contributed by atoms with Crippen LogP contribution in [-0.2, 0) is 9.53 Å². The number of hydrogen-bond donors (Lipinski definition) is 1. The van der Waals surface area contributed by atoms with Crippen LogP contribution in [0.3, 0.4) is 0 Å². The molecule has 1 unspecified atom stereocenters. The number of H-pyrrole nitrogens is 1. The molecule has 100 valence electrons. The molecular weight excluding hydrogens is 264 g/mol. The molecule has 0 radical (unpaired) electrons. The number of aromatic amines is 1. The van der Waals surface area contributed by atoms with Gasteiger partial charge < -0.3 is 9.72 Å². The molecule has 1 heterocycles. The molecule has 0 aliphatic heterocycles. The summed E-state index contributed by atoms with van der Waals surface area (Å²) in [4.78, 5) is 30.4. The molecule has 0 amide bonds. The van der Waals surface area contributed by atoms with Crippen LogP contribution in [0, 0.1) is 0 Å². The third kappa shape index (κ3) is 3.14. The standard InChI is InChI=1S/C13H14N2O3S/c1-3-18-12(17)8(2)19-13-14-10-7-5-4-6-9(10)11(16)15-13/h4-8H,3H2,1-2H3,(H,14,15,16). The third-order valence-corrected chi connectivity index (χ3v) is 3.46. The highest BCUT2D eigenvalue weighted by molar-refractivity contribution is 8.00. The number of fused-ring (bicyclic) bond motifs is 1. The molecule has 1 aromatic heterocycles. The Hall–Kier alpha value is -1.82. The van der Waals surface area contributed by atoms with E-state index in [1.54, 1.807) is 32.0 Å². The maximum Gasteiger partial charge on any atom is 0.319 e. The molecule has 6 heteroatoms. The van der Waals surface area contributed by atoms with Gasteiger partial charge in [-0.25, -0.2) is 4.98 Å². The topological polar surface area (TPSA) is 72.0 Å². The molecule has 0 fully saturated rings. The zero-order valence-electron chi connectivity index (χ0n) is 10.7. The van der Waals surface area contributed by atoms with Crippen molar-refractivity contribution < 1.29 is 9.53 Å². The first-order valence-corrected chi connectivity index (χ1v) is 6.82. The van der Waals surface area contributed by atoms with Crippen LogP contribution in [-0.4, -0.2) is 27.8 Å². The van der Waals surface area contributed by atoms with E-state index in [2.05, 4.69) is 9.97 Å². The van der Waals surface area contributed by atoms with Crippen LogP contribution in [0.4, 0.5) is 0 Å². The maximum absolute atomic E-state index is 11.9. The average Bonchev–Trinajstić information content (AvgIpc) is 2.39. The Bertz CT molecular complexity index is 654. The fourth-order valence-corrected chi connectivity index (χ4v) is 2.40. The smallest absolute Gasteiger partial charge is 0.319 e. The van der Waals surface area contributed by atoms with Gasteiger partial charge in [0, 0.05) is 0 Å². The molecule has 0 saturated carbocycles. The van der Waals surface area contributed by atoms with Crippen LogP contribution in [0.2, 0.25) is 0 Å². The number of para-hydroxylation sites is 1. The Morgan fingerprint density at radius 1 is 1.47 bits per heavy atom. The van der Waals surface area contributed by atoms with E-state index in [9.17, 15) is 9.59 Å². The van der Waals surface area contributed by atoms with Gasteiger partial charge in [-0.1, -0.05) is 23.9 Å². The van der Waals surface area contributed by atoms with Crippen molar-refractivity contribution in [2.45, 2.75) is 24.3 Å². The van der Waals surface area contributed by atoms with E-state index >= 15 is 0 Å². The number of thioether (sulfide) groups is 1. The van der Waals surface area contributed by atoms with Crippen molar-refractivity contribution in [2.75, 3.05) is 6.61 Å². The SMILES string of the molecule is CCOC(=O)C(C)Sc1nc2ccccc2c(=O)[nH]1. The summed E-state index contributed by atoms with van der Waals surface area (Å²) in [6.45, 7) is 3.81. The molecular formula is C13H14N2O3S. The Kier molecular flexibility index (Phi) is 4.21. The van der Waals surface area contributed by atoms with Gasteiger partial charge in [-0.3, -0.25) is 9.59 Å². The average molecular weight is 278 g/mol. The van der Waals surface area contributed by atoms with Gasteiger partial charge in [0.25, 0.3) is 5.56 Å². The second-order valence-electron chi connectivity index (χ2n) is 3.90. The zero-order valence-corrected chi connectivity index (χ0v) is 11.5. The lowest BCUT2D eigenvalue weighted by Gasteiger charge is -2.09. The maximum atomic E-state index is 11.9. The van der Waals surface area contributed by atoms with Crippen molar-refractivity contribution in [3.8, 4) is 0 Å². The number of carbonyl (C=O) groups is 1. The van der Waals surface area contributed by atoms with Gasteiger partial charge in [-0.15, -0.1) is 0 Å². The highest BCUT2D eigenvalue weighted by atomic mass is 32.2. The van der Waals surface area contributed by atoms with Crippen LogP contribution in [0.5, 0.6) is 0 Å². The van der Waals surface area contributed by atoms with Gasteiger partial charge >= 0.3 is 5.97 Å². The molecule has 0 aliphatic carbocycles. The molecule has 2 aromatic rings. The van der Waals surface area contributed by atoms with Crippen molar-refractivity contribution in [3.63, 3.8) is 0 Å². The monoisotopic (exact) mass is 278 g/mol. The number of hydrogen-bond acceptors (Lipinski definition) is 5. The Labute approximate surface area is 114 Å². The summed E-state index contributed by atoms with van der Waals surface area (Å²) < 4.78 is 4.91. The van der Waals surface area contributed by atoms with Gasteiger partial charge in [0.15, 0.2) is 5.16 Å². The normalized spacial score (nSPS) is 12.3. The molecule has 0 saturated heterocycles. The van der Waals surface area contributed by atoms with Gasteiger partial charge in [0.1, 0.15) is 5.25 Å². The van der Waals surface area contributed by atoms with Gasteiger partial charge in [0.05, 0.1) is 17.5 Å². The molecule has 0 spiro atoms. The minimum absolute atomic E-state index is 0.204. The van der Waals surface area contributed by atoms with Crippen LogP contribution in [0.15, 0.2) is 34.2 Å². The summed E-state index contributed by atoms with van der Waals surface area (Å²) >= 11 is 1.18. The number of esters is 1. The number of rotatable bonds is 4. The van der Waals surface area contributed by atoms with Crippen molar-refractivity contribution in [1.82, 2.24) is 9.97 Å². The number of nitrogens with zero attached hydrogens (tertiary/aromatic N) is 1. The number of carbonyl (C=O) groups excluding carboxylic acids is 1. The predicted molar refractivity (Wildman–Crippen MR) is 74.3 cm³/mol. The molecule has 1 atom stereocenters. The molecule has 5 nitrogen and oxygen atoms in total. The first-order chi connectivity index (χ1) is 9.11. The van der Waals surface area contributed by atoms with E-state index in [-0.39, 0.29) is 11.5 Å². The summed E-state index contributed by atoms with van der Waals surface area (Å²) in [5.74, 6) is -0.316. The molecule has 0 bridgehead atoms. The first kappa shape index (κ1) is 13.6. The Balaban J connectivity index is 2.26. The van der Waals surface area contributed by atoms with Crippen LogP contribution < -0.4 is 5.56 Å². The summed E-state index contributed by atoms with van der Waals surface area (Å²) in [5.41, 5.74) is 0.411. The van der Waals surface area contributed by atoms with Crippen LogP contribution in [0.25, 0.3) is 10.9 Å². The fourth-order valence-electron chi connectivity index (χ4n) is 1.60. The number of benzene rings is 1. The van der Waals surface area contributed by atoms with Crippen molar-refractivity contribution >= 4 is 28.6 Å². The first-order valence-electron chi connectivity index (χ1n) is 5.94. The molecule has 1 N–H and O–H groups in total. The third-order valence-electron chi connectivity index (χ3n) is 2.50. The quantitative estimate of drug-likeness (QED) is 0.526. The van der Waals surface area contributed by atoms with Crippen molar-refractivity contribution in [1.29, 1.82) is 0 Å². The number of aromatic nitrogens is 2.